The van der Waals surface area contributed by atoms with Crippen LogP contribution in [0.3, 0.4) is 0 Å². The van der Waals surface area contributed by atoms with E-state index in [1.165, 1.54) is 30.4 Å². The van der Waals surface area contributed by atoms with Crippen molar-refractivity contribution in [2.75, 3.05) is 33.9 Å². The molecule has 0 unspecified atom stereocenters. The molecule has 6 heteroatoms. The number of methoxy groups -OCH3 is 2. The summed E-state index contributed by atoms with van der Waals surface area (Å²) >= 11 is 0. The third-order valence-corrected chi connectivity index (χ3v) is 9.82. The van der Waals surface area contributed by atoms with Crippen LogP contribution in [0.2, 0.25) is 0 Å². The Kier molecular flexibility index (Phi) is 5.01. The fourth-order valence-electron chi connectivity index (χ4n) is 7.86. The van der Waals surface area contributed by atoms with Gasteiger partial charge < -0.3 is 18.9 Å². The van der Waals surface area contributed by atoms with E-state index in [0.717, 1.165) is 50.5 Å². The van der Waals surface area contributed by atoms with Crippen LogP contribution in [0.25, 0.3) is 0 Å². The Morgan fingerprint density at radius 2 is 1.94 bits per heavy atom. The van der Waals surface area contributed by atoms with Crippen molar-refractivity contribution in [3.05, 3.63) is 23.3 Å². The van der Waals surface area contributed by atoms with Crippen molar-refractivity contribution in [1.82, 2.24) is 4.90 Å². The number of benzene rings is 1. The average molecular weight is 456 g/mol. The minimum Gasteiger partial charge on any atom is -0.493 e. The van der Waals surface area contributed by atoms with Crippen molar-refractivity contribution in [1.29, 1.82) is 0 Å². The SMILES string of the molecule is COc1cc2c(cc1OC)[C@H](C)N(C[C@@H]1C(=O)O[C@@H]3C[C@@]4(C)CCC[C@]5(CO5)[C@@H]4C[C@H]13)CC2. The minimum absolute atomic E-state index is 0.0170. The van der Waals surface area contributed by atoms with Crippen LogP contribution < -0.4 is 9.47 Å². The molecule has 3 aliphatic heterocycles. The van der Waals surface area contributed by atoms with Gasteiger partial charge in [-0.15, -0.1) is 0 Å². The molecule has 4 fully saturated rings. The van der Waals surface area contributed by atoms with Gasteiger partial charge in [0, 0.05) is 25.0 Å². The van der Waals surface area contributed by atoms with E-state index in [1.807, 2.05) is 0 Å². The van der Waals surface area contributed by atoms with E-state index in [9.17, 15) is 4.79 Å². The second-order valence-corrected chi connectivity index (χ2v) is 11.4. The fraction of sp³-hybridized carbons (Fsp3) is 0.741. The lowest BCUT2D eigenvalue weighted by molar-refractivity contribution is -0.147. The molecule has 2 saturated heterocycles. The predicted molar refractivity (Wildman–Crippen MR) is 123 cm³/mol. The predicted octanol–water partition coefficient (Wildman–Crippen LogP) is 4.15. The molecule has 7 atom stereocenters. The zero-order valence-electron chi connectivity index (χ0n) is 20.4. The number of hydrogen-bond donors (Lipinski definition) is 0. The Balaban J connectivity index is 1.22. The molecule has 3 heterocycles. The van der Waals surface area contributed by atoms with Crippen molar-refractivity contribution < 1.29 is 23.7 Å². The van der Waals surface area contributed by atoms with Crippen molar-refractivity contribution in [3.63, 3.8) is 0 Å². The lowest BCUT2D eigenvalue weighted by atomic mass is 9.53. The highest BCUT2D eigenvalue weighted by Crippen LogP contribution is 2.63. The van der Waals surface area contributed by atoms with Crippen LogP contribution in [0.15, 0.2) is 12.1 Å². The zero-order chi connectivity index (χ0) is 23.0. The van der Waals surface area contributed by atoms with E-state index in [-0.39, 0.29) is 35.0 Å². The molecule has 0 aromatic heterocycles. The molecule has 5 aliphatic rings. The molecular weight excluding hydrogens is 418 g/mol. The number of esters is 1. The largest absolute Gasteiger partial charge is 0.493 e. The second kappa shape index (κ2) is 7.61. The maximum Gasteiger partial charge on any atom is 0.310 e. The van der Waals surface area contributed by atoms with Gasteiger partial charge in [0.2, 0.25) is 0 Å². The Morgan fingerprint density at radius 1 is 1.18 bits per heavy atom. The van der Waals surface area contributed by atoms with Gasteiger partial charge in [-0.1, -0.05) is 6.92 Å². The third-order valence-electron chi connectivity index (χ3n) is 9.82. The summed E-state index contributed by atoms with van der Waals surface area (Å²) in [5.74, 6) is 2.41. The number of fused-ring (bicyclic) bond motifs is 4. The minimum atomic E-state index is -0.0404. The number of epoxide rings is 1. The Morgan fingerprint density at radius 3 is 2.67 bits per heavy atom. The summed E-state index contributed by atoms with van der Waals surface area (Å²) in [5, 5.41) is 0. The highest BCUT2D eigenvalue weighted by molar-refractivity contribution is 5.75. The summed E-state index contributed by atoms with van der Waals surface area (Å²) in [7, 11) is 3.37. The first-order valence-electron chi connectivity index (χ1n) is 12.7. The molecule has 6 rings (SSSR count). The van der Waals surface area contributed by atoms with Gasteiger partial charge in [-0.05, 0) is 80.0 Å². The quantitative estimate of drug-likeness (QED) is 0.502. The number of hydrogen-bond acceptors (Lipinski definition) is 6. The van der Waals surface area contributed by atoms with E-state index in [4.69, 9.17) is 18.9 Å². The normalized spacial score (nSPS) is 41.7. The van der Waals surface area contributed by atoms with Gasteiger partial charge in [-0.2, -0.15) is 0 Å². The third kappa shape index (κ3) is 3.31. The van der Waals surface area contributed by atoms with Crippen LogP contribution in [0.5, 0.6) is 11.5 Å². The van der Waals surface area contributed by atoms with E-state index in [0.29, 0.717) is 11.8 Å². The first-order chi connectivity index (χ1) is 15.9. The maximum absolute atomic E-state index is 13.1. The van der Waals surface area contributed by atoms with Gasteiger partial charge in [0.25, 0.3) is 0 Å². The van der Waals surface area contributed by atoms with Crippen LogP contribution in [-0.2, 0) is 20.7 Å². The average Bonchev–Trinajstić information content (AvgIpc) is 3.51. The summed E-state index contributed by atoms with van der Waals surface area (Å²) in [5.41, 5.74) is 2.93. The molecule has 1 aromatic rings. The van der Waals surface area contributed by atoms with Gasteiger partial charge in [0.05, 0.1) is 32.3 Å². The molecule has 1 spiro atoms. The number of ether oxygens (including phenoxy) is 4. The highest BCUT2D eigenvalue weighted by Gasteiger charge is 2.65. The smallest absolute Gasteiger partial charge is 0.310 e. The van der Waals surface area contributed by atoms with Crippen LogP contribution in [-0.4, -0.2) is 56.5 Å². The molecule has 0 amide bonds. The van der Waals surface area contributed by atoms with Gasteiger partial charge in [-0.25, -0.2) is 0 Å². The van der Waals surface area contributed by atoms with Crippen molar-refractivity contribution in [3.8, 4) is 11.5 Å². The van der Waals surface area contributed by atoms with Crippen LogP contribution in [0, 0.1) is 23.2 Å². The molecule has 2 aliphatic carbocycles. The first kappa shape index (κ1) is 21.7. The monoisotopic (exact) mass is 455 g/mol. The molecule has 0 N–H and O–H groups in total. The highest BCUT2D eigenvalue weighted by atomic mass is 16.6. The first-order valence-corrected chi connectivity index (χ1v) is 12.7. The van der Waals surface area contributed by atoms with E-state index in [1.54, 1.807) is 14.2 Å². The molecular formula is C27H37NO5. The molecule has 2 saturated carbocycles. The van der Waals surface area contributed by atoms with Gasteiger partial charge >= 0.3 is 5.97 Å². The van der Waals surface area contributed by atoms with Gasteiger partial charge in [0.1, 0.15) is 6.10 Å². The summed E-state index contributed by atoms with van der Waals surface area (Å²) in [6.07, 6.45) is 6.77. The standard InChI is InChI=1S/C27H37NO5/c1-16-18-11-22(31-4)21(30-3)10-17(18)6-9-28(16)14-20-19-12-24-26(2,13-23(19)33-25(20)29)7-5-8-27(24)15-32-27/h10-11,16,19-20,23-24H,5-9,12-15H2,1-4H3/t16-,19+,20-,23+,24+,26+,27-/m0/s1. The molecule has 1 aromatic carbocycles. The van der Waals surface area contributed by atoms with Crippen molar-refractivity contribution >= 4 is 5.97 Å². The number of rotatable bonds is 4. The van der Waals surface area contributed by atoms with Crippen LogP contribution >= 0.6 is 0 Å². The summed E-state index contributed by atoms with van der Waals surface area (Å²) in [6.45, 7) is 7.29. The van der Waals surface area contributed by atoms with Crippen LogP contribution in [0.1, 0.15) is 63.1 Å². The lowest BCUT2D eigenvalue weighted by Gasteiger charge is -2.51. The molecule has 33 heavy (non-hydrogen) atoms. The Labute approximate surface area is 196 Å². The number of carbonyl (C=O) groups excluding carboxylic acids is 1. The summed E-state index contributed by atoms with van der Waals surface area (Å²) in [4.78, 5) is 15.6. The second-order valence-electron chi connectivity index (χ2n) is 11.4. The molecule has 180 valence electrons. The van der Waals surface area contributed by atoms with Crippen molar-refractivity contribution in [2.24, 2.45) is 23.2 Å². The van der Waals surface area contributed by atoms with E-state index >= 15 is 0 Å². The fourth-order valence-corrected chi connectivity index (χ4v) is 7.86. The lowest BCUT2D eigenvalue weighted by Crippen LogP contribution is -2.51. The molecule has 6 nitrogen and oxygen atoms in total. The zero-order valence-corrected chi connectivity index (χ0v) is 20.4. The van der Waals surface area contributed by atoms with Gasteiger partial charge in [-0.3, -0.25) is 9.69 Å². The van der Waals surface area contributed by atoms with Gasteiger partial charge in [0.15, 0.2) is 11.5 Å². The Bertz CT molecular complexity index is 958. The van der Waals surface area contributed by atoms with Crippen molar-refractivity contribution in [2.45, 2.75) is 70.1 Å². The molecule has 0 radical (unpaired) electrons. The molecule has 0 bridgehead atoms. The summed E-state index contributed by atoms with van der Waals surface area (Å²) < 4.78 is 23.2. The number of carbonyl (C=O) groups is 1. The Hall–Kier alpha value is -1.79. The summed E-state index contributed by atoms with van der Waals surface area (Å²) in [6, 6.07) is 4.45. The van der Waals surface area contributed by atoms with E-state index < -0.39 is 0 Å². The van der Waals surface area contributed by atoms with Crippen LogP contribution in [0.4, 0.5) is 0 Å². The maximum atomic E-state index is 13.1. The topological polar surface area (TPSA) is 60.5 Å². The van der Waals surface area contributed by atoms with E-state index in [2.05, 4.69) is 30.9 Å². The number of nitrogens with zero attached hydrogens (tertiary/aromatic N) is 1.